The molecule has 31 heavy (non-hydrogen) atoms. The summed E-state index contributed by atoms with van der Waals surface area (Å²) < 4.78 is 25.8. The fraction of sp³-hybridized carbons (Fsp3) is 0.280. The molecule has 4 nitrogen and oxygen atoms in total. The number of rotatable bonds is 11. The van der Waals surface area contributed by atoms with Crippen LogP contribution in [0.25, 0.3) is 0 Å². The SMILES string of the molecule is COc1cc(CN(CCCN)Cc2c(F)cccc2Cl)ccc1OCc1ccccc1. The van der Waals surface area contributed by atoms with E-state index in [1.807, 2.05) is 48.5 Å². The zero-order valence-electron chi connectivity index (χ0n) is 17.7. The second-order valence-electron chi connectivity index (χ2n) is 7.31. The van der Waals surface area contributed by atoms with E-state index in [4.69, 9.17) is 26.8 Å². The molecule has 3 rings (SSSR count). The van der Waals surface area contributed by atoms with E-state index >= 15 is 0 Å². The summed E-state index contributed by atoms with van der Waals surface area (Å²) in [7, 11) is 1.62. The van der Waals surface area contributed by atoms with E-state index in [9.17, 15) is 4.39 Å². The molecule has 0 fully saturated rings. The number of benzene rings is 3. The molecule has 0 saturated heterocycles. The van der Waals surface area contributed by atoms with E-state index in [0.717, 1.165) is 24.1 Å². The molecule has 6 heteroatoms. The monoisotopic (exact) mass is 442 g/mol. The van der Waals surface area contributed by atoms with Gasteiger partial charge < -0.3 is 15.2 Å². The third kappa shape index (κ3) is 6.69. The largest absolute Gasteiger partial charge is 0.493 e. The van der Waals surface area contributed by atoms with Crippen molar-refractivity contribution in [1.29, 1.82) is 0 Å². The van der Waals surface area contributed by atoms with Crippen molar-refractivity contribution in [2.24, 2.45) is 5.73 Å². The molecule has 0 unspecified atom stereocenters. The van der Waals surface area contributed by atoms with Crippen LogP contribution >= 0.6 is 11.6 Å². The maximum Gasteiger partial charge on any atom is 0.161 e. The molecule has 3 aromatic rings. The Labute approximate surface area is 188 Å². The number of ether oxygens (including phenoxy) is 2. The molecule has 0 saturated carbocycles. The molecule has 0 spiro atoms. The third-order valence-corrected chi connectivity index (χ3v) is 5.35. The van der Waals surface area contributed by atoms with Gasteiger partial charge in [0.15, 0.2) is 11.5 Å². The first-order valence-electron chi connectivity index (χ1n) is 10.3. The summed E-state index contributed by atoms with van der Waals surface area (Å²) >= 11 is 6.24. The van der Waals surface area contributed by atoms with Gasteiger partial charge in [-0.25, -0.2) is 4.39 Å². The van der Waals surface area contributed by atoms with Crippen LogP contribution in [0.1, 0.15) is 23.1 Å². The molecule has 0 amide bonds. The van der Waals surface area contributed by atoms with E-state index in [2.05, 4.69) is 4.90 Å². The van der Waals surface area contributed by atoms with E-state index in [-0.39, 0.29) is 5.82 Å². The van der Waals surface area contributed by atoms with Gasteiger partial charge in [0.1, 0.15) is 12.4 Å². The molecule has 0 aliphatic carbocycles. The molecular weight excluding hydrogens is 415 g/mol. The predicted octanol–water partition coefficient (Wildman–Crippen LogP) is 5.42. The highest BCUT2D eigenvalue weighted by atomic mass is 35.5. The van der Waals surface area contributed by atoms with E-state index < -0.39 is 0 Å². The van der Waals surface area contributed by atoms with Gasteiger partial charge in [-0.3, -0.25) is 4.90 Å². The Morgan fingerprint density at radius 3 is 2.45 bits per heavy atom. The summed E-state index contributed by atoms with van der Waals surface area (Å²) in [5.41, 5.74) is 8.33. The summed E-state index contributed by atoms with van der Waals surface area (Å²) in [6.07, 6.45) is 0.807. The molecule has 0 atom stereocenters. The Bertz CT molecular complexity index is 949. The Morgan fingerprint density at radius 1 is 0.935 bits per heavy atom. The van der Waals surface area contributed by atoms with Gasteiger partial charge in [-0.15, -0.1) is 0 Å². The van der Waals surface area contributed by atoms with Crippen LogP contribution in [0.3, 0.4) is 0 Å². The molecule has 2 N–H and O–H groups in total. The van der Waals surface area contributed by atoms with Crippen molar-refractivity contribution in [3.63, 3.8) is 0 Å². The van der Waals surface area contributed by atoms with E-state index in [0.29, 0.717) is 48.3 Å². The van der Waals surface area contributed by atoms with Gasteiger partial charge in [0, 0.05) is 30.2 Å². The second kappa shape index (κ2) is 11.7. The Balaban J connectivity index is 1.73. The molecule has 0 aliphatic heterocycles. The average Bonchev–Trinajstić information content (AvgIpc) is 2.79. The number of methoxy groups -OCH3 is 1. The minimum Gasteiger partial charge on any atom is -0.493 e. The van der Waals surface area contributed by atoms with Crippen LogP contribution in [0.4, 0.5) is 4.39 Å². The highest BCUT2D eigenvalue weighted by Gasteiger charge is 2.14. The highest BCUT2D eigenvalue weighted by molar-refractivity contribution is 6.31. The molecule has 0 aromatic heterocycles. The minimum atomic E-state index is -0.299. The topological polar surface area (TPSA) is 47.7 Å². The van der Waals surface area contributed by atoms with Crippen molar-refractivity contribution >= 4 is 11.6 Å². The van der Waals surface area contributed by atoms with Gasteiger partial charge in [-0.1, -0.05) is 54.1 Å². The zero-order valence-corrected chi connectivity index (χ0v) is 18.4. The van der Waals surface area contributed by atoms with Crippen LogP contribution in [-0.4, -0.2) is 25.1 Å². The lowest BCUT2D eigenvalue weighted by Crippen LogP contribution is -2.26. The normalized spacial score (nSPS) is 11.0. The minimum absolute atomic E-state index is 0.299. The molecule has 0 radical (unpaired) electrons. The lowest BCUT2D eigenvalue weighted by molar-refractivity contribution is 0.250. The highest BCUT2D eigenvalue weighted by Crippen LogP contribution is 2.30. The Morgan fingerprint density at radius 2 is 1.74 bits per heavy atom. The van der Waals surface area contributed by atoms with Gasteiger partial charge in [0.2, 0.25) is 0 Å². The van der Waals surface area contributed by atoms with Gasteiger partial charge in [-0.2, -0.15) is 0 Å². The van der Waals surface area contributed by atoms with Gasteiger partial charge in [0.25, 0.3) is 0 Å². The summed E-state index contributed by atoms with van der Waals surface area (Å²) in [4.78, 5) is 2.14. The number of halogens is 2. The fourth-order valence-electron chi connectivity index (χ4n) is 3.36. The summed E-state index contributed by atoms with van der Waals surface area (Å²) in [5.74, 6) is 1.05. The molecular formula is C25H28ClFN2O2. The number of hydrogen-bond donors (Lipinski definition) is 1. The van der Waals surface area contributed by atoms with Crippen LogP contribution in [0.2, 0.25) is 5.02 Å². The summed E-state index contributed by atoms with van der Waals surface area (Å²) in [6, 6.07) is 20.6. The quantitative estimate of drug-likeness (QED) is 0.431. The maximum atomic E-state index is 14.3. The van der Waals surface area contributed by atoms with E-state index in [1.54, 1.807) is 19.2 Å². The Kier molecular flexibility index (Phi) is 8.71. The smallest absolute Gasteiger partial charge is 0.161 e. The van der Waals surface area contributed by atoms with Crippen molar-refractivity contribution in [2.45, 2.75) is 26.1 Å². The van der Waals surface area contributed by atoms with Crippen LogP contribution in [0.15, 0.2) is 66.7 Å². The van der Waals surface area contributed by atoms with Crippen molar-refractivity contribution in [3.05, 3.63) is 94.3 Å². The molecule has 0 aliphatic rings. The van der Waals surface area contributed by atoms with Gasteiger partial charge in [0.05, 0.1) is 7.11 Å². The lowest BCUT2D eigenvalue weighted by Gasteiger charge is -2.23. The first-order valence-corrected chi connectivity index (χ1v) is 10.7. The van der Waals surface area contributed by atoms with Crippen LogP contribution in [-0.2, 0) is 19.7 Å². The van der Waals surface area contributed by atoms with Crippen LogP contribution < -0.4 is 15.2 Å². The standard InChI is InChI=1S/C25H28ClFN2O2/c1-30-25-15-20(11-12-24(25)31-18-19-7-3-2-4-8-19)16-29(14-6-13-28)17-21-22(26)9-5-10-23(21)27/h2-5,7-12,15H,6,13-14,16-18,28H2,1H3. The number of nitrogens with two attached hydrogens (primary N) is 1. The van der Waals surface area contributed by atoms with Gasteiger partial charge >= 0.3 is 0 Å². The number of nitrogens with zero attached hydrogens (tertiary/aromatic N) is 1. The average molecular weight is 443 g/mol. The van der Waals surface area contributed by atoms with Crippen molar-refractivity contribution in [3.8, 4) is 11.5 Å². The Hall–Kier alpha value is -2.60. The molecule has 0 heterocycles. The van der Waals surface area contributed by atoms with Crippen LogP contribution in [0, 0.1) is 5.82 Å². The second-order valence-corrected chi connectivity index (χ2v) is 7.72. The first kappa shape index (κ1) is 23.1. The summed E-state index contributed by atoms with van der Waals surface area (Å²) in [6.45, 7) is 2.78. The predicted molar refractivity (Wildman–Crippen MR) is 123 cm³/mol. The molecule has 3 aromatic carbocycles. The van der Waals surface area contributed by atoms with Crippen molar-refractivity contribution < 1.29 is 13.9 Å². The summed E-state index contributed by atoms with van der Waals surface area (Å²) in [5, 5.41) is 0.431. The first-order chi connectivity index (χ1) is 15.1. The van der Waals surface area contributed by atoms with Gasteiger partial charge in [-0.05, 0) is 48.4 Å². The molecule has 0 bridgehead atoms. The van der Waals surface area contributed by atoms with Crippen molar-refractivity contribution in [2.75, 3.05) is 20.2 Å². The van der Waals surface area contributed by atoms with E-state index in [1.165, 1.54) is 6.07 Å². The number of hydrogen-bond acceptors (Lipinski definition) is 4. The fourth-order valence-corrected chi connectivity index (χ4v) is 3.58. The maximum absolute atomic E-state index is 14.3. The lowest BCUT2D eigenvalue weighted by atomic mass is 10.1. The van der Waals surface area contributed by atoms with Crippen molar-refractivity contribution in [1.82, 2.24) is 4.90 Å². The third-order valence-electron chi connectivity index (χ3n) is 4.99. The molecule has 164 valence electrons. The van der Waals surface area contributed by atoms with Crippen LogP contribution in [0.5, 0.6) is 11.5 Å². The zero-order chi connectivity index (χ0) is 22.1.